The van der Waals surface area contributed by atoms with Crippen LogP contribution >= 0.6 is 0 Å². The van der Waals surface area contributed by atoms with Gasteiger partial charge in [-0.25, -0.2) is 13.2 Å². The van der Waals surface area contributed by atoms with Gasteiger partial charge in [0.25, 0.3) is 0 Å². The topological polar surface area (TPSA) is 117 Å². The van der Waals surface area contributed by atoms with Gasteiger partial charge in [0.05, 0.1) is 38.6 Å². The number of hydrogen-bond donors (Lipinski definition) is 0. The molecule has 1 fully saturated rings. The quantitative estimate of drug-likeness (QED) is 0.312. The molecule has 1 unspecified atom stereocenters. The van der Waals surface area contributed by atoms with Crippen molar-refractivity contribution in [3.63, 3.8) is 0 Å². The molecule has 1 aromatic heterocycles. The van der Waals surface area contributed by atoms with E-state index in [0.29, 0.717) is 17.2 Å². The van der Waals surface area contributed by atoms with Crippen LogP contribution in [0.5, 0.6) is 5.75 Å². The van der Waals surface area contributed by atoms with E-state index >= 15 is 0 Å². The SMILES string of the molecule is COc1ccc(Cn2ncc3c2CN2CC3N(OS(=O)(=O)[O-])C2=O)cc1.[Na+]. The van der Waals surface area contributed by atoms with Gasteiger partial charge >= 0.3 is 35.6 Å². The first-order valence-electron chi connectivity index (χ1n) is 7.77. The fraction of sp³-hybridized carbons (Fsp3) is 0.333. The Kier molecular flexibility index (Phi) is 5.52. The molecule has 2 aliphatic heterocycles. The van der Waals surface area contributed by atoms with Crippen LogP contribution in [0.2, 0.25) is 0 Å². The summed E-state index contributed by atoms with van der Waals surface area (Å²) < 4.78 is 44.0. The third kappa shape index (κ3) is 3.84. The first-order chi connectivity index (χ1) is 12.4. The van der Waals surface area contributed by atoms with E-state index in [1.807, 2.05) is 24.3 Å². The van der Waals surface area contributed by atoms with Gasteiger partial charge in [-0.3, -0.25) is 4.68 Å². The van der Waals surface area contributed by atoms with E-state index in [2.05, 4.69) is 9.38 Å². The van der Waals surface area contributed by atoms with Crippen molar-refractivity contribution >= 4 is 16.4 Å². The number of aromatic nitrogens is 2. The summed E-state index contributed by atoms with van der Waals surface area (Å²) in [4.78, 5) is 13.7. The molecule has 2 aliphatic rings. The molecule has 4 rings (SSSR count). The summed E-state index contributed by atoms with van der Waals surface area (Å²) in [5.74, 6) is 0.748. The van der Waals surface area contributed by atoms with Crippen molar-refractivity contribution in [1.82, 2.24) is 19.7 Å². The molecule has 2 bridgehead atoms. The number of ether oxygens (including phenoxy) is 1. The van der Waals surface area contributed by atoms with Gasteiger partial charge in [-0.1, -0.05) is 12.1 Å². The van der Waals surface area contributed by atoms with Gasteiger partial charge in [-0.2, -0.15) is 14.4 Å². The third-order valence-corrected chi connectivity index (χ3v) is 4.82. The van der Waals surface area contributed by atoms with Gasteiger partial charge in [0.1, 0.15) is 11.8 Å². The van der Waals surface area contributed by atoms with Gasteiger partial charge in [0.2, 0.25) is 10.4 Å². The zero-order valence-electron chi connectivity index (χ0n) is 14.7. The molecular weight excluding hydrogens is 387 g/mol. The average molecular weight is 402 g/mol. The van der Waals surface area contributed by atoms with Gasteiger partial charge in [0.15, 0.2) is 0 Å². The van der Waals surface area contributed by atoms with Crippen LogP contribution in [0, 0.1) is 0 Å². The van der Waals surface area contributed by atoms with E-state index in [1.54, 1.807) is 18.0 Å². The van der Waals surface area contributed by atoms with Crippen molar-refractivity contribution in [2.75, 3.05) is 13.7 Å². The Morgan fingerprint density at radius 1 is 1.30 bits per heavy atom. The minimum Gasteiger partial charge on any atom is -0.724 e. The predicted octanol–water partition coefficient (Wildman–Crippen LogP) is -2.37. The van der Waals surface area contributed by atoms with Gasteiger partial charge in [0, 0.05) is 5.56 Å². The average Bonchev–Trinajstić information content (AvgIpc) is 3.10. The van der Waals surface area contributed by atoms with Crippen LogP contribution in [0.1, 0.15) is 22.9 Å². The van der Waals surface area contributed by atoms with Crippen molar-refractivity contribution in [3.05, 3.63) is 47.3 Å². The molecule has 0 aliphatic carbocycles. The van der Waals surface area contributed by atoms with Crippen LogP contribution in [-0.4, -0.2) is 52.4 Å². The van der Waals surface area contributed by atoms with Crippen LogP contribution < -0.4 is 34.3 Å². The minimum atomic E-state index is -5.04. The summed E-state index contributed by atoms with van der Waals surface area (Å²) >= 11 is 0. The molecule has 2 aromatic rings. The fourth-order valence-corrected chi connectivity index (χ4v) is 3.63. The summed E-state index contributed by atoms with van der Waals surface area (Å²) in [6.07, 6.45) is 1.58. The van der Waals surface area contributed by atoms with Gasteiger partial charge in [-0.15, -0.1) is 0 Å². The second-order valence-corrected chi connectivity index (χ2v) is 7.01. The number of carbonyl (C=O) groups is 1. The van der Waals surface area contributed by atoms with E-state index in [9.17, 15) is 17.8 Å². The number of hydrogen-bond acceptors (Lipinski definition) is 7. The van der Waals surface area contributed by atoms with Crippen LogP contribution in [-0.2, 0) is 27.8 Å². The summed E-state index contributed by atoms with van der Waals surface area (Å²) in [5, 5.41) is 4.97. The van der Waals surface area contributed by atoms with Crippen molar-refractivity contribution in [1.29, 1.82) is 0 Å². The van der Waals surface area contributed by atoms with Crippen LogP contribution in [0.15, 0.2) is 30.5 Å². The molecule has 0 spiro atoms. The standard InChI is InChI=1S/C15H16N4O6S.Na/c1-24-11-4-2-10(3-5-11)7-18-13-8-17-9-14(12(13)6-16-18)19(15(17)20)25-26(21,22)23;/h2-6,14H,7-9H2,1H3,(H,21,22,23);/q;+1/p-1. The van der Waals surface area contributed by atoms with Crippen LogP contribution in [0.3, 0.4) is 0 Å². The number of amides is 2. The van der Waals surface area contributed by atoms with Crippen LogP contribution in [0.25, 0.3) is 0 Å². The van der Waals surface area contributed by atoms with E-state index in [-0.39, 0.29) is 42.6 Å². The number of benzene rings is 1. The normalized spacial score (nSPS) is 18.3. The number of hydroxylamine groups is 2. The largest absolute Gasteiger partial charge is 1.00 e. The minimum absolute atomic E-state index is 0. The maximum absolute atomic E-state index is 12.3. The third-order valence-electron chi connectivity index (χ3n) is 4.48. The maximum atomic E-state index is 12.3. The number of fused-ring (bicyclic) bond motifs is 4. The number of urea groups is 1. The molecule has 1 aromatic carbocycles. The molecular formula is C15H15N4NaO6S. The molecule has 0 radical (unpaired) electrons. The number of methoxy groups -OCH3 is 1. The van der Waals surface area contributed by atoms with Crippen molar-refractivity contribution < 1.29 is 56.3 Å². The molecule has 1 saturated heterocycles. The Bertz CT molecular complexity index is 961. The zero-order valence-corrected chi connectivity index (χ0v) is 17.5. The molecule has 2 amide bonds. The summed E-state index contributed by atoms with van der Waals surface area (Å²) in [6.45, 7) is 0.990. The fourth-order valence-electron chi connectivity index (χ4n) is 3.27. The summed E-state index contributed by atoms with van der Waals surface area (Å²) in [7, 11) is -3.45. The molecule has 138 valence electrons. The Balaban J connectivity index is 0.00000210. The van der Waals surface area contributed by atoms with E-state index in [0.717, 1.165) is 17.0 Å². The smallest absolute Gasteiger partial charge is 0.724 e. The predicted molar refractivity (Wildman–Crippen MR) is 85.5 cm³/mol. The molecule has 10 nitrogen and oxygen atoms in total. The molecule has 0 saturated carbocycles. The maximum Gasteiger partial charge on any atom is 1.00 e. The van der Waals surface area contributed by atoms with E-state index < -0.39 is 22.5 Å². The second-order valence-electron chi connectivity index (χ2n) is 6.04. The Hall–Kier alpha value is -1.63. The molecule has 3 heterocycles. The zero-order chi connectivity index (χ0) is 18.5. The Morgan fingerprint density at radius 2 is 2.00 bits per heavy atom. The van der Waals surface area contributed by atoms with Crippen molar-refractivity contribution in [2.45, 2.75) is 19.1 Å². The first-order valence-corrected chi connectivity index (χ1v) is 9.10. The number of carbonyl (C=O) groups excluding carboxylic acids is 1. The Labute approximate surface area is 177 Å². The molecule has 1 atom stereocenters. The second kappa shape index (κ2) is 7.41. The van der Waals surface area contributed by atoms with Crippen molar-refractivity contribution in [2.24, 2.45) is 0 Å². The number of rotatable bonds is 5. The van der Waals surface area contributed by atoms with Gasteiger partial charge < -0.3 is 14.2 Å². The van der Waals surface area contributed by atoms with E-state index in [1.165, 1.54) is 4.90 Å². The van der Waals surface area contributed by atoms with Crippen molar-refractivity contribution in [3.8, 4) is 5.75 Å². The van der Waals surface area contributed by atoms with Gasteiger partial charge in [-0.05, 0) is 17.7 Å². The number of nitrogens with zero attached hydrogens (tertiary/aromatic N) is 4. The van der Waals surface area contributed by atoms with Crippen LogP contribution in [0.4, 0.5) is 4.79 Å². The first kappa shape index (κ1) is 20.1. The molecule has 12 heteroatoms. The Morgan fingerprint density at radius 3 is 2.63 bits per heavy atom. The van der Waals surface area contributed by atoms with E-state index in [4.69, 9.17) is 4.74 Å². The molecule has 27 heavy (non-hydrogen) atoms. The monoisotopic (exact) mass is 402 g/mol. The molecule has 0 N–H and O–H groups in total. The summed E-state index contributed by atoms with van der Waals surface area (Å²) in [5.41, 5.74) is 2.44. The summed E-state index contributed by atoms with van der Waals surface area (Å²) in [6, 6.07) is 6.18.